The zero-order chi connectivity index (χ0) is 10.1. The number of rotatable bonds is 5. The summed E-state index contributed by atoms with van der Waals surface area (Å²) in [6.45, 7) is 3.67. The van der Waals surface area contributed by atoms with Gasteiger partial charge in [-0.3, -0.25) is 0 Å². The van der Waals surface area contributed by atoms with Crippen LogP contribution in [0, 0.1) is 0 Å². The molecular weight excluding hydrogens is 204 g/mol. The second-order valence-electron chi connectivity index (χ2n) is 2.51. The molecule has 0 aromatic heterocycles. The second kappa shape index (κ2) is 8.31. The predicted molar refractivity (Wildman–Crippen MR) is 62.2 cm³/mol. The van der Waals surface area contributed by atoms with Gasteiger partial charge in [-0.15, -0.1) is 6.58 Å². The van der Waals surface area contributed by atoms with E-state index in [4.69, 9.17) is 4.79 Å². The van der Waals surface area contributed by atoms with Gasteiger partial charge in [-0.2, -0.15) is 23.5 Å². The Bertz CT molecular complexity index is 156. The minimum Gasteiger partial charge on any atom is -0.352 e. The molecule has 5 heteroatoms. The Hall–Kier alpha value is -0.290. The Balaban J connectivity index is 0.000000310. The molecule has 1 atom stereocenters. The van der Waals surface area contributed by atoms with Crippen molar-refractivity contribution in [2.75, 3.05) is 17.3 Å². The van der Waals surface area contributed by atoms with E-state index >= 15 is 0 Å². The number of hydrogen-bond acceptors (Lipinski definition) is 3. The molecule has 4 N–H and O–H groups in total. The van der Waals surface area contributed by atoms with Crippen LogP contribution < -0.4 is 11.5 Å². The van der Waals surface area contributed by atoms with Crippen molar-refractivity contribution < 1.29 is 4.79 Å². The first kappa shape index (κ1) is 12.7. The second-order valence-corrected chi connectivity index (χ2v) is 4.99. The number of carbonyl (C=O) groups is 1. The molecule has 3 nitrogen and oxygen atoms in total. The molecule has 0 bridgehead atoms. The molecule has 1 fully saturated rings. The van der Waals surface area contributed by atoms with Crippen LogP contribution in [-0.2, 0) is 0 Å². The highest BCUT2D eigenvalue weighted by Gasteiger charge is 2.21. The highest BCUT2D eigenvalue weighted by atomic mass is 32.2. The molecule has 0 aromatic carbocycles. The Morgan fingerprint density at radius 3 is 2.62 bits per heavy atom. The molecule has 1 heterocycles. The van der Waals surface area contributed by atoms with Crippen molar-refractivity contribution >= 4 is 29.6 Å². The lowest BCUT2D eigenvalue weighted by atomic mass is 10.5. The van der Waals surface area contributed by atoms with Crippen molar-refractivity contribution in [3.8, 4) is 0 Å². The fraction of sp³-hybridized carbons (Fsp3) is 0.625. The highest BCUT2D eigenvalue weighted by Crippen LogP contribution is 2.32. The number of nitrogens with two attached hydrogens (primary N) is 2. The highest BCUT2D eigenvalue weighted by molar-refractivity contribution is 8.08. The smallest absolute Gasteiger partial charge is 0.309 e. The van der Waals surface area contributed by atoms with Gasteiger partial charge in [0, 0.05) is 16.8 Å². The van der Waals surface area contributed by atoms with Gasteiger partial charge >= 0.3 is 6.03 Å². The Morgan fingerprint density at radius 1 is 1.69 bits per heavy atom. The molecule has 0 aliphatic carbocycles. The third kappa shape index (κ3) is 14.6. The fourth-order valence-corrected chi connectivity index (χ4v) is 2.50. The normalized spacial score (nSPS) is 18.3. The van der Waals surface area contributed by atoms with Crippen LogP contribution >= 0.6 is 23.5 Å². The van der Waals surface area contributed by atoms with Crippen LogP contribution in [0.4, 0.5) is 4.79 Å². The van der Waals surface area contributed by atoms with Gasteiger partial charge in [0.1, 0.15) is 0 Å². The van der Waals surface area contributed by atoms with E-state index in [2.05, 4.69) is 41.6 Å². The molecule has 13 heavy (non-hydrogen) atoms. The Morgan fingerprint density at radius 2 is 2.23 bits per heavy atom. The summed E-state index contributed by atoms with van der Waals surface area (Å²) in [5.74, 6) is 4.03. The van der Waals surface area contributed by atoms with E-state index in [0.717, 1.165) is 5.25 Å². The van der Waals surface area contributed by atoms with Crippen molar-refractivity contribution in [2.24, 2.45) is 11.5 Å². The van der Waals surface area contributed by atoms with Gasteiger partial charge < -0.3 is 11.5 Å². The van der Waals surface area contributed by atoms with Crippen LogP contribution in [0.3, 0.4) is 0 Å². The summed E-state index contributed by atoms with van der Waals surface area (Å²) in [5.41, 5.74) is 8.50. The van der Waals surface area contributed by atoms with Gasteiger partial charge in [-0.05, 0) is 12.2 Å². The third-order valence-electron chi connectivity index (χ3n) is 1.17. The Labute approximate surface area is 87.7 Å². The minimum absolute atomic E-state index is 0.833. The van der Waals surface area contributed by atoms with Crippen LogP contribution in [0.25, 0.3) is 0 Å². The van der Waals surface area contributed by atoms with Crippen LogP contribution in [0.1, 0.15) is 6.42 Å². The van der Waals surface area contributed by atoms with Crippen molar-refractivity contribution in [1.29, 1.82) is 0 Å². The molecule has 0 saturated carbocycles. The Kier molecular flexibility index (Phi) is 8.13. The quantitative estimate of drug-likeness (QED) is 0.418. The summed E-state index contributed by atoms with van der Waals surface area (Å²) in [6, 6.07) is -0.833. The summed E-state index contributed by atoms with van der Waals surface area (Å²) < 4.78 is 0. The topological polar surface area (TPSA) is 69.1 Å². The average Bonchev–Trinajstić information content (AvgIpc) is 2.80. The van der Waals surface area contributed by atoms with Crippen LogP contribution in [0.2, 0.25) is 0 Å². The maximum Gasteiger partial charge on any atom is 0.309 e. The van der Waals surface area contributed by atoms with E-state index in [-0.39, 0.29) is 0 Å². The number of primary amides is 2. The van der Waals surface area contributed by atoms with E-state index in [1.807, 2.05) is 6.08 Å². The van der Waals surface area contributed by atoms with E-state index in [1.54, 1.807) is 0 Å². The van der Waals surface area contributed by atoms with E-state index in [9.17, 15) is 0 Å². The van der Waals surface area contributed by atoms with Crippen LogP contribution in [0.5, 0.6) is 0 Å². The summed E-state index contributed by atoms with van der Waals surface area (Å²) >= 11 is 4.14. The SMILES string of the molecule is C=CCCSCC1CS1.NC(N)=O. The first-order valence-electron chi connectivity index (χ1n) is 4.02. The average molecular weight is 220 g/mol. The lowest BCUT2D eigenvalue weighted by Crippen LogP contribution is -2.18. The first-order valence-corrected chi connectivity index (χ1v) is 6.22. The fourth-order valence-electron chi connectivity index (χ4n) is 0.546. The zero-order valence-corrected chi connectivity index (χ0v) is 9.20. The van der Waals surface area contributed by atoms with Crippen LogP contribution in [-0.4, -0.2) is 28.5 Å². The van der Waals surface area contributed by atoms with Gasteiger partial charge in [0.15, 0.2) is 0 Å². The largest absolute Gasteiger partial charge is 0.352 e. The molecule has 0 spiro atoms. The number of urea groups is 1. The van der Waals surface area contributed by atoms with E-state index < -0.39 is 6.03 Å². The minimum atomic E-state index is -0.833. The zero-order valence-electron chi connectivity index (χ0n) is 7.57. The summed E-state index contributed by atoms with van der Waals surface area (Å²) in [4.78, 5) is 9.00. The summed E-state index contributed by atoms with van der Waals surface area (Å²) in [5, 5.41) is 1.000. The monoisotopic (exact) mass is 220 g/mol. The number of carbonyl (C=O) groups excluding carboxylic acids is 1. The first-order chi connectivity index (χ1) is 6.16. The van der Waals surface area contributed by atoms with Crippen molar-refractivity contribution in [1.82, 2.24) is 0 Å². The molecule has 1 unspecified atom stereocenters. The standard InChI is InChI=1S/C7H12S2.CH4N2O/c1-2-3-4-8-5-7-6-9-7;2-1(3)4/h2,7H,1,3-6H2;(H4,2,3,4). The number of thioether (sulfide) groups is 2. The van der Waals surface area contributed by atoms with Crippen molar-refractivity contribution in [3.05, 3.63) is 12.7 Å². The number of hydrogen-bond donors (Lipinski definition) is 2. The van der Waals surface area contributed by atoms with Crippen molar-refractivity contribution in [3.63, 3.8) is 0 Å². The third-order valence-corrected chi connectivity index (χ3v) is 3.52. The van der Waals surface area contributed by atoms with E-state index in [0.29, 0.717) is 0 Å². The lowest BCUT2D eigenvalue weighted by Gasteiger charge is -1.93. The van der Waals surface area contributed by atoms with Gasteiger partial charge in [-0.25, -0.2) is 4.79 Å². The molecule has 0 radical (unpaired) electrons. The molecule has 1 aliphatic rings. The summed E-state index contributed by atoms with van der Waals surface area (Å²) in [6.07, 6.45) is 3.16. The molecule has 1 rings (SSSR count). The summed E-state index contributed by atoms with van der Waals surface area (Å²) in [7, 11) is 0. The van der Waals surface area contributed by atoms with Gasteiger partial charge in [0.25, 0.3) is 0 Å². The number of allylic oxidation sites excluding steroid dienone is 1. The molecular formula is C8H16N2OS2. The maximum atomic E-state index is 9.00. The maximum absolute atomic E-state index is 9.00. The van der Waals surface area contributed by atoms with Gasteiger partial charge in [0.05, 0.1) is 0 Å². The van der Waals surface area contributed by atoms with Crippen LogP contribution in [0.15, 0.2) is 12.7 Å². The molecule has 0 aromatic rings. The van der Waals surface area contributed by atoms with E-state index in [1.165, 1.54) is 23.7 Å². The molecule has 1 saturated heterocycles. The molecule has 76 valence electrons. The van der Waals surface area contributed by atoms with Gasteiger partial charge in [-0.1, -0.05) is 6.08 Å². The predicted octanol–water partition coefficient (Wildman–Crippen LogP) is 1.43. The number of amides is 2. The van der Waals surface area contributed by atoms with Gasteiger partial charge in [0.2, 0.25) is 0 Å². The lowest BCUT2D eigenvalue weighted by molar-refractivity contribution is 0.256. The van der Waals surface area contributed by atoms with Crippen molar-refractivity contribution in [2.45, 2.75) is 11.7 Å². The molecule has 2 amide bonds. The molecule has 1 aliphatic heterocycles.